The SMILES string of the molecule is CC1(C)C(=O)N(c2ccc(C#N)c(C(F)(F)F)c2)C(=O)N1Cc1ccccc1Cc1ccccc1. The second kappa shape index (κ2) is 8.91. The second-order valence-corrected chi connectivity index (χ2v) is 8.84. The summed E-state index contributed by atoms with van der Waals surface area (Å²) in [6.45, 7) is 3.25. The topological polar surface area (TPSA) is 64.4 Å². The lowest BCUT2D eigenvalue weighted by Crippen LogP contribution is -2.43. The molecule has 0 unspecified atom stereocenters. The quantitative estimate of drug-likeness (QED) is 0.429. The minimum atomic E-state index is -4.81. The van der Waals surface area contributed by atoms with E-state index in [1.165, 1.54) is 17.0 Å². The summed E-state index contributed by atoms with van der Waals surface area (Å²) in [5.41, 5.74) is -0.382. The van der Waals surface area contributed by atoms with Gasteiger partial charge in [-0.2, -0.15) is 18.4 Å². The van der Waals surface area contributed by atoms with Gasteiger partial charge in [-0.3, -0.25) is 4.79 Å². The lowest BCUT2D eigenvalue weighted by molar-refractivity contribution is -0.137. The number of urea groups is 1. The minimum absolute atomic E-state index is 0.111. The van der Waals surface area contributed by atoms with E-state index < -0.39 is 34.8 Å². The van der Waals surface area contributed by atoms with Gasteiger partial charge in [0.15, 0.2) is 0 Å². The monoisotopic (exact) mass is 477 g/mol. The molecule has 3 amide bonds. The number of carbonyl (C=O) groups excluding carboxylic acids is 2. The zero-order valence-electron chi connectivity index (χ0n) is 19.1. The summed E-state index contributed by atoms with van der Waals surface area (Å²) >= 11 is 0. The molecule has 4 rings (SSSR count). The first kappa shape index (κ1) is 24.0. The van der Waals surface area contributed by atoms with E-state index >= 15 is 0 Å². The van der Waals surface area contributed by atoms with Gasteiger partial charge in [0.1, 0.15) is 5.54 Å². The van der Waals surface area contributed by atoms with Gasteiger partial charge in [0.05, 0.1) is 22.9 Å². The Kier molecular flexibility index (Phi) is 6.12. The molecule has 3 aromatic carbocycles. The molecule has 1 aliphatic rings. The maximum atomic E-state index is 13.5. The average Bonchev–Trinajstić information content (AvgIpc) is 2.99. The second-order valence-electron chi connectivity index (χ2n) is 8.84. The number of amides is 3. The predicted molar refractivity (Wildman–Crippen MR) is 124 cm³/mol. The van der Waals surface area contributed by atoms with E-state index in [1.807, 2.05) is 54.6 Å². The molecular formula is C27H22F3N3O2. The fraction of sp³-hybridized carbons (Fsp3) is 0.222. The van der Waals surface area contributed by atoms with Crippen LogP contribution in [0, 0.1) is 11.3 Å². The maximum absolute atomic E-state index is 13.5. The van der Waals surface area contributed by atoms with Gasteiger partial charge in [-0.15, -0.1) is 0 Å². The Labute approximate surface area is 201 Å². The number of imide groups is 1. The lowest BCUT2D eigenvalue weighted by atomic mass is 9.97. The van der Waals surface area contributed by atoms with Crippen LogP contribution in [0.4, 0.5) is 23.7 Å². The maximum Gasteiger partial charge on any atom is 0.417 e. The Morgan fingerprint density at radius 2 is 1.54 bits per heavy atom. The van der Waals surface area contributed by atoms with Crippen molar-refractivity contribution in [3.63, 3.8) is 0 Å². The number of benzene rings is 3. The molecule has 0 spiro atoms. The highest BCUT2D eigenvalue weighted by Crippen LogP contribution is 2.38. The Balaban J connectivity index is 1.68. The van der Waals surface area contributed by atoms with Crippen LogP contribution < -0.4 is 4.90 Å². The van der Waals surface area contributed by atoms with Gasteiger partial charge in [-0.05, 0) is 55.2 Å². The van der Waals surface area contributed by atoms with E-state index in [-0.39, 0.29) is 12.2 Å². The Hall–Kier alpha value is -4.12. The van der Waals surface area contributed by atoms with E-state index in [9.17, 15) is 22.8 Å². The van der Waals surface area contributed by atoms with Crippen LogP contribution in [0.2, 0.25) is 0 Å². The molecular weight excluding hydrogens is 455 g/mol. The molecule has 0 atom stereocenters. The number of anilines is 1. The van der Waals surface area contributed by atoms with Gasteiger partial charge in [0.25, 0.3) is 5.91 Å². The van der Waals surface area contributed by atoms with E-state index in [1.54, 1.807) is 13.8 Å². The van der Waals surface area contributed by atoms with Crippen LogP contribution in [0.5, 0.6) is 0 Å². The van der Waals surface area contributed by atoms with Gasteiger partial charge in [-0.1, -0.05) is 54.6 Å². The zero-order chi connectivity index (χ0) is 25.4. The number of nitrogens with zero attached hydrogens (tertiary/aromatic N) is 3. The number of rotatable bonds is 5. The van der Waals surface area contributed by atoms with Crippen molar-refractivity contribution in [2.24, 2.45) is 0 Å². The summed E-state index contributed by atoms with van der Waals surface area (Å²) in [7, 11) is 0. The van der Waals surface area contributed by atoms with Crippen LogP contribution in [-0.2, 0) is 23.9 Å². The van der Waals surface area contributed by atoms with E-state index in [2.05, 4.69) is 0 Å². The number of carbonyl (C=O) groups is 2. The van der Waals surface area contributed by atoms with Crippen molar-refractivity contribution >= 4 is 17.6 Å². The van der Waals surface area contributed by atoms with Crippen LogP contribution in [0.3, 0.4) is 0 Å². The van der Waals surface area contributed by atoms with Crippen molar-refractivity contribution < 1.29 is 22.8 Å². The largest absolute Gasteiger partial charge is 0.417 e. The fourth-order valence-electron chi connectivity index (χ4n) is 4.20. The van der Waals surface area contributed by atoms with Gasteiger partial charge in [0.2, 0.25) is 0 Å². The third kappa shape index (κ3) is 4.50. The summed E-state index contributed by atoms with van der Waals surface area (Å²) < 4.78 is 40.5. The van der Waals surface area contributed by atoms with Crippen molar-refractivity contribution in [3.05, 3.63) is 101 Å². The Bertz CT molecular complexity index is 1330. The Morgan fingerprint density at radius 3 is 2.17 bits per heavy atom. The first-order valence-corrected chi connectivity index (χ1v) is 10.9. The normalized spacial score (nSPS) is 15.4. The summed E-state index contributed by atoms with van der Waals surface area (Å²) in [6.07, 6.45) is -4.18. The predicted octanol–water partition coefficient (Wildman–Crippen LogP) is 5.92. The molecule has 1 saturated heterocycles. The van der Waals surface area contributed by atoms with Gasteiger partial charge >= 0.3 is 12.2 Å². The molecule has 0 aliphatic carbocycles. The number of alkyl halides is 3. The standard InChI is InChI=1S/C27H22F3N3O2/c1-26(2)24(34)33(22-13-12-20(16-31)23(15-22)27(28,29)30)25(35)32(26)17-21-11-7-6-10-19(21)14-18-8-4-3-5-9-18/h3-13,15H,14,17H2,1-2H3. The van der Waals surface area contributed by atoms with Crippen LogP contribution in [0.1, 0.15) is 41.7 Å². The van der Waals surface area contributed by atoms with Crippen LogP contribution in [0.25, 0.3) is 0 Å². The highest BCUT2D eigenvalue weighted by Gasteiger charge is 2.52. The molecule has 0 saturated carbocycles. The Morgan fingerprint density at radius 1 is 0.914 bits per heavy atom. The summed E-state index contributed by atoms with van der Waals surface area (Å²) in [5, 5.41) is 9.06. The molecule has 0 radical (unpaired) electrons. The minimum Gasteiger partial charge on any atom is -0.305 e. The van der Waals surface area contributed by atoms with Crippen molar-refractivity contribution in [3.8, 4) is 6.07 Å². The fourth-order valence-corrected chi connectivity index (χ4v) is 4.20. The highest BCUT2D eigenvalue weighted by atomic mass is 19.4. The molecule has 1 fully saturated rings. The highest BCUT2D eigenvalue weighted by molar-refractivity contribution is 6.23. The first-order chi connectivity index (χ1) is 16.5. The van der Waals surface area contributed by atoms with E-state index in [0.717, 1.165) is 27.7 Å². The summed E-state index contributed by atoms with van der Waals surface area (Å²) in [6, 6.07) is 21.0. The number of hydrogen-bond acceptors (Lipinski definition) is 3. The molecule has 3 aromatic rings. The molecule has 0 N–H and O–H groups in total. The van der Waals surface area contributed by atoms with Crippen LogP contribution in [0.15, 0.2) is 72.8 Å². The van der Waals surface area contributed by atoms with E-state index in [4.69, 9.17) is 5.26 Å². The van der Waals surface area contributed by atoms with Crippen molar-refractivity contribution in [2.45, 2.75) is 38.5 Å². The molecule has 35 heavy (non-hydrogen) atoms. The molecule has 178 valence electrons. The lowest BCUT2D eigenvalue weighted by Gasteiger charge is -2.28. The van der Waals surface area contributed by atoms with Crippen molar-refractivity contribution in [2.75, 3.05) is 4.90 Å². The van der Waals surface area contributed by atoms with Crippen molar-refractivity contribution in [1.82, 2.24) is 4.90 Å². The zero-order valence-corrected chi connectivity index (χ0v) is 19.1. The van der Waals surface area contributed by atoms with Crippen molar-refractivity contribution in [1.29, 1.82) is 5.26 Å². The molecule has 0 aromatic heterocycles. The first-order valence-electron chi connectivity index (χ1n) is 10.9. The summed E-state index contributed by atoms with van der Waals surface area (Å²) in [5.74, 6) is -0.638. The van der Waals surface area contributed by atoms with E-state index in [0.29, 0.717) is 12.5 Å². The number of hydrogen-bond donors (Lipinski definition) is 0. The van der Waals surface area contributed by atoms with Crippen LogP contribution >= 0.6 is 0 Å². The molecule has 0 bridgehead atoms. The number of nitriles is 1. The molecule has 1 heterocycles. The summed E-state index contributed by atoms with van der Waals surface area (Å²) in [4.78, 5) is 28.8. The smallest absolute Gasteiger partial charge is 0.305 e. The third-order valence-corrected chi connectivity index (χ3v) is 6.19. The molecule has 8 heteroatoms. The van der Waals surface area contributed by atoms with Gasteiger partial charge in [0, 0.05) is 6.54 Å². The van der Waals surface area contributed by atoms with Crippen LogP contribution in [-0.4, -0.2) is 22.4 Å². The average molecular weight is 477 g/mol. The number of halogens is 3. The third-order valence-electron chi connectivity index (χ3n) is 6.19. The van der Waals surface area contributed by atoms with Gasteiger partial charge < -0.3 is 4.90 Å². The molecule has 1 aliphatic heterocycles. The molecule has 5 nitrogen and oxygen atoms in total. The van der Waals surface area contributed by atoms with Gasteiger partial charge in [-0.25, -0.2) is 9.69 Å².